The minimum atomic E-state index is -3.31. The highest BCUT2D eigenvalue weighted by Crippen LogP contribution is 2.17. The highest BCUT2D eigenvalue weighted by molar-refractivity contribution is 14.0. The zero-order chi connectivity index (χ0) is 16.7. The van der Waals surface area contributed by atoms with Gasteiger partial charge in [0, 0.05) is 12.6 Å². The van der Waals surface area contributed by atoms with Crippen molar-refractivity contribution in [3.63, 3.8) is 0 Å². The van der Waals surface area contributed by atoms with Crippen LogP contribution >= 0.6 is 24.0 Å². The van der Waals surface area contributed by atoms with E-state index in [0.29, 0.717) is 18.3 Å². The largest absolute Gasteiger partial charge is 0.357 e. The molecule has 0 radical (unpaired) electrons. The molecule has 0 heterocycles. The topological polar surface area (TPSA) is 82.6 Å². The number of para-hydroxylation sites is 1. The van der Waals surface area contributed by atoms with E-state index < -0.39 is 10.0 Å². The van der Waals surface area contributed by atoms with Crippen LogP contribution in [0.3, 0.4) is 0 Å². The van der Waals surface area contributed by atoms with E-state index in [1.54, 1.807) is 12.1 Å². The molecule has 3 N–H and O–H groups in total. The van der Waals surface area contributed by atoms with E-state index in [2.05, 4.69) is 32.5 Å². The number of rotatable bonds is 6. The number of benzene rings is 1. The predicted octanol–water partition coefficient (Wildman–Crippen LogP) is 2.45. The van der Waals surface area contributed by atoms with Crippen molar-refractivity contribution in [1.82, 2.24) is 10.6 Å². The first kappa shape index (κ1) is 20.8. The van der Waals surface area contributed by atoms with Crippen LogP contribution in [0.1, 0.15) is 25.3 Å². The standard InChI is InChI=1S/C16H24N4O2S.HI/c1-3-17-16(19-14-9-5-6-10-14)18-12-13-8-4-7-11-15(13)20-23(2,21)22;/h4-8,11,14,20H,3,9-10,12H2,1-2H3,(H2,17,18,19);1H. The quantitative estimate of drug-likeness (QED) is 0.262. The van der Waals surface area contributed by atoms with Gasteiger partial charge in [-0.3, -0.25) is 4.72 Å². The van der Waals surface area contributed by atoms with E-state index in [1.807, 2.05) is 19.1 Å². The lowest BCUT2D eigenvalue weighted by Gasteiger charge is -2.17. The van der Waals surface area contributed by atoms with Crippen LogP contribution < -0.4 is 15.4 Å². The van der Waals surface area contributed by atoms with Gasteiger partial charge in [0.15, 0.2) is 5.96 Å². The smallest absolute Gasteiger partial charge is 0.229 e. The second-order valence-corrected chi connectivity index (χ2v) is 7.26. The first-order valence-corrected chi connectivity index (χ1v) is 9.62. The van der Waals surface area contributed by atoms with Gasteiger partial charge in [-0.2, -0.15) is 0 Å². The lowest BCUT2D eigenvalue weighted by atomic mass is 10.2. The van der Waals surface area contributed by atoms with E-state index >= 15 is 0 Å². The van der Waals surface area contributed by atoms with Crippen molar-refractivity contribution in [3.05, 3.63) is 42.0 Å². The molecule has 0 amide bonds. The molecule has 1 aromatic rings. The Morgan fingerprint density at radius 2 is 1.92 bits per heavy atom. The molecule has 0 unspecified atom stereocenters. The summed E-state index contributed by atoms with van der Waals surface area (Å²) in [6.07, 6.45) is 7.46. The first-order chi connectivity index (χ1) is 11.0. The molecule has 1 aliphatic carbocycles. The molecule has 134 valence electrons. The van der Waals surface area contributed by atoms with Crippen LogP contribution in [-0.2, 0) is 16.6 Å². The van der Waals surface area contributed by atoms with Crippen LogP contribution in [-0.4, -0.2) is 33.2 Å². The Balaban J connectivity index is 0.00000288. The Hall–Kier alpha value is -1.29. The molecular weight excluding hydrogens is 439 g/mol. The number of nitrogens with zero attached hydrogens (tertiary/aromatic N) is 1. The van der Waals surface area contributed by atoms with Gasteiger partial charge in [0.1, 0.15) is 0 Å². The maximum atomic E-state index is 11.4. The summed E-state index contributed by atoms with van der Waals surface area (Å²) in [5.41, 5.74) is 1.40. The zero-order valence-corrected chi connectivity index (χ0v) is 17.1. The van der Waals surface area contributed by atoms with Gasteiger partial charge in [0.05, 0.1) is 18.5 Å². The van der Waals surface area contributed by atoms with Crippen LogP contribution in [0.2, 0.25) is 0 Å². The molecule has 0 spiro atoms. The van der Waals surface area contributed by atoms with Crippen LogP contribution in [0, 0.1) is 0 Å². The van der Waals surface area contributed by atoms with Crippen LogP contribution in [0.5, 0.6) is 0 Å². The SMILES string of the molecule is CCNC(=NCc1ccccc1NS(C)(=O)=O)NC1CC=CC1.I. The normalized spacial score (nSPS) is 15.0. The van der Waals surface area contributed by atoms with E-state index in [9.17, 15) is 8.42 Å². The summed E-state index contributed by atoms with van der Waals surface area (Å²) in [5, 5.41) is 6.61. The molecule has 6 nitrogen and oxygen atoms in total. The van der Waals surface area contributed by atoms with Crippen molar-refractivity contribution in [1.29, 1.82) is 0 Å². The zero-order valence-electron chi connectivity index (χ0n) is 14.0. The average molecular weight is 464 g/mol. The van der Waals surface area contributed by atoms with E-state index in [1.165, 1.54) is 0 Å². The van der Waals surface area contributed by atoms with Crippen molar-refractivity contribution in [2.75, 3.05) is 17.5 Å². The third kappa shape index (κ3) is 7.08. The highest BCUT2D eigenvalue weighted by Gasteiger charge is 2.12. The Kier molecular flexibility index (Phi) is 8.54. The average Bonchev–Trinajstić information content (AvgIpc) is 2.98. The van der Waals surface area contributed by atoms with Gasteiger partial charge >= 0.3 is 0 Å². The molecule has 0 saturated carbocycles. The monoisotopic (exact) mass is 464 g/mol. The summed E-state index contributed by atoms with van der Waals surface area (Å²) in [7, 11) is -3.31. The number of hydrogen-bond acceptors (Lipinski definition) is 3. The van der Waals surface area contributed by atoms with Gasteiger partial charge in [-0.05, 0) is 31.4 Å². The van der Waals surface area contributed by atoms with Crippen molar-refractivity contribution < 1.29 is 8.42 Å². The number of sulfonamides is 1. The maximum Gasteiger partial charge on any atom is 0.229 e. The van der Waals surface area contributed by atoms with Crippen LogP contribution in [0.15, 0.2) is 41.4 Å². The summed E-state index contributed by atoms with van der Waals surface area (Å²) in [6, 6.07) is 7.66. The minimum Gasteiger partial charge on any atom is -0.357 e. The van der Waals surface area contributed by atoms with Gasteiger partial charge in [-0.15, -0.1) is 24.0 Å². The molecular formula is C16H25IN4O2S. The molecule has 2 rings (SSSR count). The Labute approximate surface area is 161 Å². The highest BCUT2D eigenvalue weighted by atomic mass is 127. The van der Waals surface area contributed by atoms with Crippen LogP contribution in [0.4, 0.5) is 5.69 Å². The van der Waals surface area contributed by atoms with Crippen LogP contribution in [0.25, 0.3) is 0 Å². The fourth-order valence-corrected chi connectivity index (χ4v) is 2.97. The number of anilines is 1. The number of hydrogen-bond donors (Lipinski definition) is 3. The van der Waals surface area contributed by atoms with Gasteiger partial charge in [0.2, 0.25) is 10.0 Å². The maximum absolute atomic E-state index is 11.4. The third-order valence-corrected chi connectivity index (χ3v) is 4.00. The van der Waals surface area contributed by atoms with Crippen molar-refractivity contribution in [2.24, 2.45) is 4.99 Å². The van der Waals surface area contributed by atoms with Gasteiger partial charge < -0.3 is 10.6 Å². The van der Waals surface area contributed by atoms with Gasteiger partial charge in [-0.1, -0.05) is 30.4 Å². The number of guanidine groups is 1. The molecule has 24 heavy (non-hydrogen) atoms. The molecule has 8 heteroatoms. The second kappa shape index (κ2) is 9.87. The fraction of sp³-hybridized carbons (Fsp3) is 0.438. The van der Waals surface area contributed by atoms with Crippen molar-refractivity contribution in [3.8, 4) is 0 Å². The fourth-order valence-electron chi connectivity index (χ4n) is 2.37. The molecule has 1 aliphatic rings. The number of aliphatic imine (C=N–C) groups is 1. The van der Waals surface area contributed by atoms with Gasteiger partial charge in [0.25, 0.3) is 0 Å². The lowest BCUT2D eigenvalue weighted by Crippen LogP contribution is -2.42. The summed E-state index contributed by atoms with van der Waals surface area (Å²) >= 11 is 0. The van der Waals surface area contributed by atoms with Gasteiger partial charge in [-0.25, -0.2) is 13.4 Å². The molecule has 0 saturated heterocycles. The third-order valence-electron chi connectivity index (χ3n) is 3.41. The predicted molar refractivity (Wildman–Crippen MR) is 110 cm³/mol. The summed E-state index contributed by atoms with van der Waals surface area (Å²) < 4.78 is 25.4. The van der Waals surface area contributed by atoms with E-state index in [0.717, 1.165) is 37.2 Å². The molecule has 0 aromatic heterocycles. The minimum absolute atomic E-state index is 0. The molecule has 0 aliphatic heterocycles. The summed E-state index contributed by atoms with van der Waals surface area (Å²) in [4.78, 5) is 4.57. The summed E-state index contributed by atoms with van der Waals surface area (Å²) in [5.74, 6) is 0.746. The Bertz CT molecular complexity index is 681. The first-order valence-electron chi connectivity index (χ1n) is 7.73. The number of nitrogens with one attached hydrogen (secondary N) is 3. The van der Waals surface area contributed by atoms with Crippen molar-refractivity contribution >= 4 is 45.6 Å². The second-order valence-electron chi connectivity index (χ2n) is 5.51. The van der Waals surface area contributed by atoms with Crippen molar-refractivity contribution in [2.45, 2.75) is 32.4 Å². The molecule has 1 aromatic carbocycles. The Morgan fingerprint density at radius 1 is 1.25 bits per heavy atom. The van der Waals surface area contributed by atoms with E-state index in [-0.39, 0.29) is 24.0 Å². The lowest BCUT2D eigenvalue weighted by molar-refractivity contribution is 0.606. The molecule has 0 atom stereocenters. The Morgan fingerprint density at radius 3 is 2.54 bits per heavy atom. The number of halogens is 1. The van der Waals surface area contributed by atoms with E-state index in [4.69, 9.17) is 0 Å². The molecule has 0 fully saturated rings. The summed E-state index contributed by atoms with van der Waals surface area (Å²) in [6.45, 7) is 3.19. The molecule has 0 bridgehead atoms.